The number of hydrogen-bond acceptors (Lipinski definition) is 2. The third kappa shape index (κ3) is 3.15. The molecule has 3 aromatic carbocycles. The number of hydrogen-bond donors (Lipinski definition) is 1. The fourth-order valence-corrected chi connectivity index (χ4v) is 3.80. The lowest BCUT2D eigenvalue weighted by atomic mass is 10.2. The third-order valence-electron chi connectivity index (χ3n) is 4.97. The summed E-state index contributed by atoms with van der Waals surface area (Å²) < 4.78 is 3.97. The maximum Gasteiger partial charge on any atom is 0.314 e. The van der Waals surface area contributed by atoms with Crippen LogP contribution in [0.15, 0.2) is 91.1 Å². The van der Waals surface area contributed by atoms with E-state index < -0.39 is 0 Å². The summed E-state index contributed by atoms with van der Waals surface area (Å²) in [5, 5.41) is 10.5. The molecule has 0 radical (unpaired) electrons. The van der Waals surface area contributed by atoms with Gasteiger partial charge in [0, 0.05) is 5.69 Å². The van der Waals surface area contributed by atoms with E-state index in [0.717, 1.165) is 33.6 Å². The molecule has 5 heteroatoms. The van der Waals surface area contributed by atoms with Crippen LogP contribution in [0.4, 0.5) is 5.69 Å². The van der Waals surface area contributed by atoms with E-state index in [1.807, 2.05) is 53.3 Å². The largest absolute Gasteiger partial charge is 0.341 e. The molecule has 1 N–H and O–H groups in total. The number of aromatic nitrogens is 3. The van der Waals surface area contributed by atoms with Gasteiger partial charge in [-0.2, -0.15) is 4.40 Å². The second kappa shape index (κ2) is 7.11. The molecule has 0 bridgehead atoms. The Balaban J connectivity index is 1.75. The molecule has 0 unspecified atom stereocenters. The average molecular weight is 396 g/mol. The summed E-state index contributed by atoms with van der Waals surface area (Å²) in [5.74, 6) is 0.813. The molecule has 5 aromatic rings. The number of nitrogens with one attached hydrogen (secondary N) is 1. The van der Waals surface area contributed by atoms with Crippen molar-refractivity contribution >= 4 is 39.3 Å². The number of para-hydroxylation sites is 1. The smallest absolute Gasteiger partial charge is 0.314 e. The minimum atomic E-state index is 0.611. The molecule has 0 atom stereocenters. The fourth-order valence-electron chi connectivity index (χ4n) is 3.50. The van der Waals surface area contributed by atoms with Gasteiger partial charge < -0.3 is 5.32 Å². The molecular weight excluding hydrogens is 376 g/mol. The van der Waals surface area contributed by atoms with Crippen molar-refractivity contribution < 1.29 is 4.40 Å². The van der Waals surface area contributed by atoms with E-state index in [-0.39, 0.29) is 0 Å². The second-order valence-corrected chi connectivity index (χ2v) is 7.40. The van der Waals surface area contributed by atoms with Crippen molar-refractivity contribution in [3.63, 3.8) is 0 Å². The normalized spacial score (nSPS) is 11.1. The Labute approximate surface area is 174 Å². The lowest BCUT2D eigenvalue weighted by Gasteiger charge is -2.06. The monoisotopic (exact) mass is 395 g/mol. The molecule has 0 aliphatic rings. The molecule has 140 valence electrons. The second-order valence-electron chi connectivity index (χ2n) is 6.99. The van der Waals surface area contributed by atoms with Crippen LogP contribution in [0.2, 0.25) is 0 Å². The first-order valence-corrected chi connectivity index (χ1v) is 9.87. The van der Waals surface area contributed by atoms with Crippen molar-refractivity contribution in [2.45, 2.75) is 6.92 Å². The Bertz CT molecular complexity index is 1340. The van der Waals surface area contributed by atoms with Gasteiger partial charge in [0.2, 0.25) is 0 Å². The number of thiocarbonyl (C=S) groups is 1. The highest BCUT2D eigenvalue weighted by atomic mass is 32.1. The van der Waals surface area contributed by atoms with Crippen LogP contribution in [0.25, 0.3) is 22.1 Å². The number of pyridine rings is 1. The quantitative estimate of drug-likeness (QED) is 0.350. The van der Waals surface area contributed by atoms with Crippen LogP contribution >= 0.6 is 12.2 Å². The van der Waals surface area contributed by atoms with Crippen LogP contribution < -0.4 is 9.72 Å². The molecule has 2 heterocycles. The number of nitrogens with zero attached hydrogens (tertiary/aromatic N) is 3. The van der Waals surface area contributed by atoms with E-state index in [1.54, 1.807) is 0 Å². The summed E-state index contributed by atoms with van der Waals surface area (Å²) in [4.78, 5) is 0.611. The lowest BCUT2D eigenvalue weighted by molar-refractivity contribution is -0.513. The topological polar surface area (TPSA) is 34.0 Å². The Hall–Kier alpha value is -3.57. The first-order chi connectivity index (χ1) is 14.2. The summed E-state index contributed by atoms with van der Waals surface area (Å²) in [6, 6.07) is 28.6. The predicted octanol–water partition coefficient (Wildman–Crippen LogP) is 4.86. The maximum atomic E-state index is 5.83. The van der Waals surface area contributed by atoms with Crippen molar-refractivity contribution in [1.29, 1.82) is 0 Å². The van der Waals surface area contributed by atoms with Gasteiger partial charge >= 0.3 is 11.5 Å². The van der Waals surface area contributed by atoms with Crippen LogP contribution in [0.1, 0.15) is 11.4 Å². The molecule has 29 heavy (non-hydrogen) atoms. The van der Waals surface area contributed by atoms with Crippen molar-refractivity contribution in [3.8, 4) is 5.69 Å². The van der Waals surface area contributed by atoms with E-state index in [0.29, 0.717) is 4.99 Å². The number of rotatable bonds is 3. The van der Waals surface area contributed by atoms with Crippen LogP contribution in [0.5, 0.6) is 0 Å². The van der Waals surface area contributed by atoms with Gasteiger partial charge in [-0.15, -0.1) is 0 Å². The van der Waals surface area contributed by atoms with Gasteiger partial charge in [-0.3, -0.25) is 0 Å². The minimum absolute atomic E-state index is 0.611. The van der Waals surface area contributed by atoms with E-state index in [9.17, 15) is 0 Å². The molecule has 0 aliphatic heterocycles. The molecule has 0 saturated carbocycles. The molecule has 4 nitrogen and oxygen atoms in total. The van der Waals surface area contributed by atoms with Crippen LogP contribution in [0.3, 0.4) is 0 Å². The standard InChI is InChI=1S/C24H18N4S/c1-17-11-13-20(14-12-17)28-24(23(29)25-19-8-3-2-4-9-19)27-16-15-18-7-5-6-10-21(18)22(27)26-28/h2-16H,1H3/p+1. The lowest BCUT2D eigenvalue weighted by Crippen LogP contribution is -2.32. The molecule has 0 saturated heterocycles. The highest BCUT2D eigenvalue weighted by Gasteiger charge is 2.27. The van der Waals surface area contributed by atoms with Gasteiger partial charge in [-0.25, -0.2) is 0 Å². The third-order valence-corrected chi connectivity index (χ3v) is 5.25. The zero-order chi connectivity index (χ0) is 19.8. The highest BCUT2D eigenvalue weighted by molar-refractivity contribution is 7.81. The van der Waals surface area contributed by atoms with Gasteiger partial charge in [0.15, 0.2) is 4.99 Å². The summed E-state index contributed by atoms with van der Waals surface area (Å²) >= 11 is 5.83. The summed E-state index contributed by atoms with van der Waals surface area (Å²) in [5.41, 5.74) is 3.99. The fraction of sp³-hybridized carbons (Fsp3) is 0.0417. The molecule has 0 aliphatic carbocycles. The Morgan fingerprint density at radius 1 is 0.897 bits per heavy atom. The Morgan fingerprint density at radius 3 is 2.41 bits per heavy atom. The average Bonchev–Trinajstić information content (AvgIpc) is 3.15. The maximum absolute atomic E-state index is 5.83. The zero-order valence-electron chi connectivity index (χ0n) is 15.9. The van der Waals surface area contributed by atoms with Crippen molar-refractivity contribution in [3.05, 3.63) is 103 Å². The van der Waals surface area contributed by atoms with Crippen molar-refractivity contribution in [2.75, 3.05) is 5.32 Å². The summed E-state index contributed by atoms with van der Waals surface area (Å²) in [6.07, 6.45) is 2.03. The van der Waals surface area contributed by atoms with Gasteiger partial charge in [0.1, 0.15) is 5.69 Å². The Morgan fingerprint density at radius 2 is 1.62 bits per heavy atom. The highest BCUT2D eigenvalue weighted by Crippen LogP contribution is 2.19. The van der Waals surface area contributed by atoms with Crippen LogP contribution in [-0.4, -0.2) is 14.8 Å². The molecule has 0 spiro atoms. The van der Waals surface area contributed by atoms with Gasteiger partial charge in [0.25, 0.3) is 0 Å². The van der Waals surface area contributed by atoms with E-state index in [1.165, 1.54) is 5.56 Å². The van der Waals surface area contributed by atoms with Gasteiger partial charge in [0.05, 0.1) is 16.7 Å². The van der Waals surface area contributed by atoms with Crippen LogP contribution in [-0.2, 0) is 0 Å². The predicted molar refractivity (Wildman–Crippen MR) is 121 cm³/mol. The number of aryl methyl sites for hydroxylation is 1. The van der Waals surface area contributed by atoms with E-state index in [4.69, 9.17) is 17.3 Å². The summed E-state index contributed by atoms with van der Waals surface area (Å²) in [6.45, 7) is 2.08. The van der Waals surface area contributed by atoms with Crippen molar-refractivity contribution in [1.82, 2.24) is 9.78 Å². The van der Waals surface area contributed by atoms with E-state index >= 15 is 0 Å². The first-order valence-electron chi connectivity index (χ1n) is 9.46. The van der Waals surface area contributed by atoms with Crippen LogP contribution in [0, 0.1) is 6.92 Å². The molecular formula is C24H19N4S+. The van der Waals surface area contributed by atoms with Crippen molar-refractivity contribution in [2.24, 2.45) is 0 Å². The molecule has 5 rings (SSSR count). The van der Waals surface area contributed by atoms with Gasteiger partial charge in [-0.1, -0.05) is 71.0 Å². The SMILES string of the molecule is Cc1ccc(-n2nc3c4ccccc4cc[n+]3c2C(=S)Nc2ccccc2)cc1. The summed E-state index contributed by atoms with van der Waals surface area (Å²) in [7, 11) is 0. The number of benzene rings is 3. The minimum Gasteiger partial charge on any atom is -0.341 e. The molecule has 0 amide bonds. The molecule has 0 fully saturated rings. The van der Waals surface area contributed by atoms with E-state index in [2.05, 4.69) is 59.1 Å². The number of fused-ring (bicyclic) bond motifs is 3. The number of anilines is 1. The first kappa shape index (κ1) is 17.5. The Kier molecular flexibility index (Phi) is 4.30. The van der Waals surface area contributed by atoms with Gasteiger partial charge in [-0.05, 0) is 48.7 Å². The zero-order valence-corrected chi connectivity index (χ0v) is 16.7. The molecule has 2 aromatic heterocycles.